The lowest BCUT2D eigenvalue weighted by atomic mass is 10.0. The Morgan fingerprint density at radius 3 is 2.89 bits per heavy atom. The third-order valence-corrected chi connectivity index (χ3v) is 3.22. The maximum absolute atomic E-state index is 13.7. The van der Waals surface area contributed by atoms with E-state index in [1.54, 1.807) is 12.1 Å². The summed E-state index contributed by atoms with van der Waals surface area (Å²) >= 11 is 0. The highest BCUT2D eigenvalue weighted by Crippen LogP contribution is 2.29. The maximum Gasteiger partial charge on any atom is 0.217 e. The molecular weight excluding hydrogens is 229 g/mol. The van der Waals surface area contributed by atoms with Gasteiger partial charge < -0.3 is 4.74 Å². The van der Waals surface area contributed by atoms with Crippen molar-refractivity contribution in [3.8, 4) is 17.1 Å². The highest BCUT2D eigenvalue weighted by atomic mass is 19.1. The van der Waals surface area contributed by atoms with Crippen molar-refractivity contribution in [1.82, 2.24) is 4.98 Å². The molecule has 1 aromatic heterocycles. The Morgan fingerprint density at radius 2 is 2.06 bits per heavy atom. The molecule has 0 amide bonds. The Balaban J connectivity index is 2.05. The van der Waals surface area contributed by atoms with Crippen molar-refractivity contribution in [2.24, 2.45) is 0 Å². The molecule has 2 nitrogen and oxygen atoms in total. The molecule has 0 saturated carbocycles. The molecule has 2 aromatic rings. The van der Waals surface area contributed by atoms with Gasteiger partial charge in [0.15, 0.2) is 0 Å². The molecule has 0 fully saturated rings. The molecule has 0 bridgehead atoms. The predicted octanol–water partition coefficient (Wildman–Crippen LogP) is 3.60. The van der Waals surface area contributed by atoms with E-state index in [2.05, 4.69) is 4.98 Å². The SMILES string of the molecule is CC1CCc2ccc(-c3ccccc3F)nc2O1. The smallest absolute Gasteiger partial charge is 0.217 e. The second-order valence-corrected chi connectivity index (χ2v) is 4.61. The highest BCUT2D eigenvalue weighted by molar-refractivity contribution is 5.61. The van der Waals surface area contributed by atoms with Gasteiger partial charge in [0, 0.05) is 11.1 Å². The number of nitrogens with zero attached hydrogens (tertiary/aromatic N) is 1. The molecule has 3 heteroatoms. The van der Waals surface area contributed by atoms with Gasteiger partial charge in [-0.3, -0.25) is 0 Å². The monoisotopic (exact) mass is 243 g/mol. The van der Waals surface area contributed by atoms with Crippen LogP contribution in [0.2, 0.25) is 0 Å². The van der Waals surface area contributed by atoms with E-state index in [1.807, 2.05) is 25.1 Å². The summed E-state index contributed by atoms with van der Waals surface area (Å²) < 4.78 is 19.4. The molecule has 0 spiro atoms. The van der Waals surface area contributed by atoms with Gasteiger partial charge in [-0.1, -0.05) is 18.2 Å². The van der Waals surface area contributed by atoms with Crippen molar-refractivity contribution in [1.29, 1.82) is 0 Å². The van der Waals surface area contributed by atoms with Gasteiger partial charge in [0.05, 0.1) is 11.8 Å². The van der Waals surface area contributed by atoms with E-state index < -0.39 is 0 Å². The van der Waals surface area contributed by atoms with Crippen LogP contribution < -0.4 is 4.74 Å². The molecule has 0 radical (unpaired) electrons. The molecular formula is C15H14FNO. The Labute approximate surface area is 105 Å². The summed E-state index contributed by atoms with van der Waals surface area (Å²) in [6, 6.07) is 10.5. The van der Waals surface area contributed by atoms with Crippen LogP contribution in [-0.2, 0) is 6.42 Å². The van der Waals surface area contributed by atoms with Gasteiger partial charge >= 0.3 is 0 Å². The molecule has 0 aliphatic carbocycles. The quantitative estimate of drug-likeness (QED) is 0.763. The van der Waals surface area contributed by atoms with E-state index in [4.69, 9.17) is 4.74 Å². The zero-order valence-electron chi connectivity index (χ0n) is 10.2. The highest BCUT2D eigenvalue weighted by Gasteiger charge is 2.18. The van der Waals surface area contributed by atoms with Gasteiger partial charge in [-0.2, -0.15) is 0 Å². The fourth-order valence-corrected chi connectivity index (χ4v) is 2.19. The van der Waals surface area contributed by atoms with E-state index in [-0.39, 0.29) is 11.9 Å². The van der Waals surface area contributed by atoms with Gasteiger partial charge in [-0.05, 0) is 38.0 Å². The summed E-state index contributed by atoms with van der Waals surface area (Å²) in [7, 11) is 0. The Bertz CT molecular complexity index is 582. The van der Waals surface area contributed by atoms with Crippen LogP contribution in [0.1, 0.15) is 18.9 Å². The first kappa shape index (κ1) is 11.2. The fourth-order valence-electron chi connectivity index (χ4n) is 2.19. The summed E-state index contributed by atoms with van der Waals surface area (Å²) in [5, 5.41) is 0. The zero-order valence-corrected chi connectivity index (χ0v) is 10.2. The van der Waals surface area contributed by atoms with Crippen molar-refractivity contribution in [2.75, 3.05) is 0 Å². The number of aryl methyl sites for hydroxylation is 1. The zero-order chi connectivity index (χ0) is 12.5. The average molecular weight is 243 g/mol. The van der Waals surface area contributed by atoms with Crippen molar-refractivity contribution in [2.45, 2.75) is 25.9 Å². The number of fused-ring (bicyclic) bond motifs is 1. The molecule has 3 rings (SSSR count). The second-order valence-electron chi connectivity index (χ2n) is 4.61. The molecule has 1 atom stereocenters. The lowest BCUT2D eigenvalue weighted by Gasteiger charge is -2.22. The van der Waals surface area contributed by atoms with Gasteiger partial charge in [0.25, 0.3) is 0 Å². The average Bonchev–Trinajstić information content (AvgIpc) is 2.38. The van der Waals surface area contributed by atoms with Gasteiger partial charge in [-0.15, -0.1) is 0 Å². The first-order valence-electron chi connectivity index (χ1n) is 6.15. The van der Waals surface area contributed by atoms with E-state index in [0.29, 0.717) is 17.1 Å². The van der Waals surface area contributed by atoms with Crippen molar-refractivity contribution in [3.05, 3.63) is 47.8 Å². The molecule has 18 heavy (non-hydrogen) atoms. The number of rotatable bonds is 1. The van der Waals surface area contributed by atoms with Crippen LogP contribution >= 0.6 is 0 Å². The van der Waals surface area contributed by atoms with Gasteiger partial charge in [0.2, 0.25) is 5.88 Å². The van der Waals surface area contributed by atoms with E-state index in [0.717, 1.165) is 18.4 Å². The molecule has 92 valence electrons. The van der Waals surface area contributed by atoms with Crippen LogP contribution in [0.5, 0.6) is 5.88 Å². The molecule has 1 aliphatic heterocycles. The summed E-state index contributed by atoms with van der Waals surface area (Å²) in [6.45, 7) is 2.03. The number of benzene rings is 1. The van der Waals surface area contributed by atoms with Gasteiger partial charge in [-0.25, -0.2) is 9.37 Å². The lowest BCUT2D eigenvalue weighted by molar-refractivity contribution is 0.184. The third kappa shape index (κ3) is 1.96. The number of hydrogen-bond acceptors (Lipinski definition) is 2. The standard InChI is InChI=1S/C15H14FNO/c1-10-6-7-11-8-9-14(17-15(11)18-10)12-4-2-3-5-13(12)16/h2-5,8-10H,6-7H2,1H3. The summed E-state index contributed by atoms with van der Waals surface area (Å²) in [6.07, 6.45) is 2.16. The van der Waals surface area contributed by atoms with Crippen LogP contribution in [0.4, 0.5) is 4.39 Å². The van der Waals surface area contributed by atoms with Crippen molar-refractivity contribution >= 4 is 0 Å². The van der Waals surface area contributed by atoms with E-state index in [9.17, 15) is 4.39 Å². The Hall–Kier alpha value is -1.90. The molecule has 0 N–H and O–H groups in total. The first-order chi connectivity index (χ1) is 8.74. The lowest BCUT2D eigenvalue weighted by Crippen LogP contribution is -2.19. The summed E-state index contributed by atoms with van der Waals surface area (Å²) in [5.41, 5.74) is 2.25. The predicted molar refractivity (Wildman–Crippen MR) is 68.0 cm³/mol. The van der Waals surface area contributed by atoms with Crippen LogP contribution in [-0.4, -0.2) is 11.1 Å². The molecule has 1 unspecified atom stereocenters. The van der Waals surface area contributed by atoms with Crippen molar-refractivity contribution < 1.29 is 9.13 Å². The number of pyridine rings is 1. The molecule has 1 aromatic carbocycles. The summed E-state index contributed by atoms with van der Waals surface area (Å²) in [5.74, 6) is 0.392. The summed E-state index contributed by atoms with van der Waals surface area (Å²) in [4.78, 5) is 4.43. The van der Waals surface area contributed by atoms with Gasteiger partial charge in [0.1, 0.15) is 5.82 Å². The Kier molecular flexibility index (Phi) is 2.74. The second kappa shape index (κ2) is 4.41. The first-order valence-corrected chi connectivity index (χ1v) is 6.15. The number of aromatic nitrogens is 1. The van der Waals surface area contributed by atoms with Crippen LogP contribution in [0, 0.1) is 5.82 Å². The molecule has 2 heterocycles. The molecule has 0 saturated heterocycles. The number of hydrogen-bond donors (Lipinski definition) is 0. The number of halogens is 1. The Morgan fingerprint density at radius 1 is 1.22 bits per heavy atom. The third-order valence-electron chi connectivity index (χ3n) is 3.22. The molecule has 1 aliphatic rings. The van der Waals surface area contributed by atoms with E-state index in [1.165, 1.54) is 6.07 Å². The fraction of sp³-hybridized carbons (Fsp3) is 0.267. The minimum Gasteiger partial charge on any atom is -0.474 e. The minimum absolute atomic E-state index is 0.181. The van der Waals surface area contributed by atoms with Crippen molar-refractivity contribution in [3.63, 3.8) is 0 Å². The largest absolute Gasteiger partial charge is 0.474 e. The number of ether oxygens (including phenoxy) is 1. The van der Waals surface area contributed by atoms with Crippen LogP contribution in [0.15, 0.2) is 36.4 Å². The van der Waals surface area contributed by atoms with Crippen LogP contribution in [0.25, 0.3) is 11.3 Å². The normalized spacial score (nSPS) is 18.0. The minimum atomic E-state index is -0.256. The van der Waals surface area contributed by atoms with E-state index >= 15 is 0 Å². The maximum atomic E-state index is 13.7. The van der Waals surface area contributed by atoms with Crippen LogP contribution in [0.3, 0.4) is 0 Å². The topological polar surface area (TPSA) is 22.1 Å².